The van der Waals surface area contributed by atoms with E-state index in [1.165, 1.54) is 0 Å². The number of nitrogens with zero attached hydrogens (tertiary/aromatic N) is 2. The number of carbonyl (C=O) groups excluding carboxylic acids is 1. The van der Waals surface area contributed by atoms with Crippen LogP contribution in [0.5, 0.6) is 5.88 Å². The molecule has 0 saturated heterocycles. The van der Waals surface area contributed by atoms with Gasteiger partial charge in [0.1, 0.15) is 12.4 Å². The maximum Gasteiger partial charge on any atom is 0.253 e. The molecule has 0 unspecified atom stereocenters. The van der Waals surface area contributed by atoms with Gasteiger partial charge < -0.3 is 14.6 Å². The predicted octanol–water partition coefficient (Wildman–Crippen LogP) is 3.58. The number of hydrogen-bond donors (Lipinski definition) is 1. The van der Waals surface area contributed by atoms with E-state index in [4.69, 9.17) is 9.26 Å². The highest BCUT2D eigenvalue weighted by molar-refractivity contribution is 5.94. The molecule has 0 spiro atoms. The molecule has 1 aliphatic rings. The minimum atomic E-state index is -0.0872. The second-order valence-electron chi connectivity index (χ2n) is 6.96. The van der Waals surface area contributed by atoms with Gasteiger partial charge in [0.2, 0.25) is 5.88 Å². The Morgan fingerprint density at radius 3 is 2.84 bits per heavy atom. The molecule has 1 amide bonds. The van der Waals surface area contributed by atoms with Crippen molar-refractivity contribution in [3.05, 3.63) is 40.9 Å². The summed E-state index contributed by atoms with van der Waals surface area (Å²) in [5.41, 5.74) is 2.45. The van der Waals surface area contributed by atoms with E-state index in [0.717, 1.165) is 49.1 Å². The van der Waals surface area contributed by atoms with Gasteiger partial charge in [0.15, 0.2) is 0 Å². The van der Waals surface area contributed by atoms with Gasteiger partial charge >= 0.3 is 0 Å². The number of pyridine rings is 1. The van der Waals surface area contributed by atoms with Crippen molar-refractivity contribution in [2.45, 2.75) is 65.0 Å². The smallest absolute Gasteiger partial charge is 0.253 e. The highest BCUT2D eigenvalue weighted by Crippen LogP contribution is 2.34. The number of ether oxygens (including phenoxy) is 1. The van der Waals surface area contributed by atoms with Crippen molar-refractivity contribution in [3.63, 3.8) is 0 Å². The highest BCUT2D eigenvalue weighted by atomic mass is 16.5. The summed E-state index contributed by atoms with van der Waals surface area (Å²) in [7, 11) is 0. The second-order valence-corrected chi connectivity index (χ2v) is 6.96. The fourth-order valence-corrected chi connectivity index (χ4v) is 2.57. The van der Waals surface area contributed by atoms with Crippen LogP contribution < -0.4 is 10.1 Å². The van der Waals surface area contributed by atoms with Gasteiger partial charge in [-0.2, -0.15) is 0 Å². The number of aromatic nitrogens is 2. The third-order valence-corrected chi connectivity index (χ3v) is 4.61. The van der Waals surface area contributed by atoms with Gasteiger partial charge in [-0.1, -0.05) is 18.5 Å². The van der Waals surface area contributed by atoms with E-state index < -0.39 is 0 Å². The highest BCUT2D eigenvalue weighted by Gasteiger charge is 2.38. The maximum atomic E-state index is 12.1. The number of aryl methyl sites for hydroxylation is 2. The lowest BCUT2D eigenvalue weighted by molar-refractivity contribution is 0.0935. The first-order chi connectivity index (χ1) is 12.0. The Morgan fingerprint density at radius 2 is 2.20 bits per heavy atom. The standard InChI is InChI=1S/C19H25N3O3/c1-4-5-6-16-15(13(2)25-22-16)12-24-17-8-7-14(11-20-17)18(23)21-19(3)9-10-19/h7-8,11H,4-6,9-10,12H2,1-3H3,(H,21,23). The van der Waals surface area contributed by atoms with Crippen molar-refractivity contribution in [1.82, 2.24) is 15.5 Å². The Balaban J connectivity index is 1.59. The Labute approximate surface area is 148 Å². The van der Waals surface area contributed by atoms with Crippen LogP contribution in [0.15, 0.2) is 22.9 Å². The van der Waals surface area contributed by atoms with Crippen LogP contribution >= 0.6 is 0 Å². The monoisotopic (exact) mass is 343 g/mol. The lowest BCUT2D eigenvalue weighted by atomic mass is 10.1. The first-order valence-corrected chi connectivity index (χ1v) is 8.86. The molecule has 0 radical (unpaired) electrons. The Hall–Kier alpha value is -2.37. The maximum absolute atomic E-state index is 12.1. The molecule has 1 N–H and O–H groups in total. The van der Waals surface area contributed by atoms with Crippen LogP contribution in [-0.4, -0.2) is 21.6 Å². The van der Waals surface area contributed by atoms with E-state index in [1.807, 2.05) is 13.8 Å². The third kappa shape index (κ3) is 4.38. The topological polar surface area (TPSA) is 77.2 Å². The van der Waals surface area contributed by atoms with Crippen molar-refractivity contribution in [2.75, 3.05) is 0 Å². The zero-order chi connectivity index (χ0) is 17.9. The van der Waals surface area contributed by atoms with Crippen molar-refractivity contribution >= 4 is 5.91 Å². The molecule has 2 aromatic rings. The van der Waals surface area contributed by atoms with E-state index in [0.29, 0.717) is 18.1 Å². The van der Waals surface area contributed by atoms with Crippen LogP contribution in [0.4, 0.5) is 0 Å². The molecule has 2 aromatic heterocycles. The molecule has 1 aliphatic carbocycles. The zero-order valence-corrected chi connectivity index (χ0v) is 15.1. The molecule has 1 saturated carbocycles. The minimum Gasteiger partial charge on any atom is -0.473 e. The van der Waals surface area contributed by atoms with Crippen molar-refractivity contribution in [3.8, 4) is 5.88 Å². The number of amides is 1. The van der Waals surface area contributed by atoms with Gasteiger partial charge in [-0.3, -0.25) is 4.79 Å². The fourth-order valence-electron chi connectivity index (χ4n) is 2.57. The fraction of sp³-hybridized carbons (Fsp3) is 0.526. The molecule has 2 heterocycles. The largest absolute Gasteiger partial charge is 0.473 e. The van der Waals surface area contributed by atoms with Crippen molar-refractivity contribution in [2.24, 2.45) is 0 Å². The molecular weight excluding hydrogens is 318 g/mol. The molecular formula is C19H25N3O3. The average Bonchev–Trinajstić information content (AvgIpc) is 3.22. The first-order valence-electron chi connectivity index (χ1n) is 8.86. The number of nitrogens with one attached hydrogen (secondary N) is 1. The Kier molecular flexibility index (Phi) is 5.06. The van der Waals surface area contributed by atoms with Crippen LogP contribution in [0.2, 0.25) is 0 Å². The number of carbonyl (C=O) groups is 1. The summed E-state index contributed by atoms with van der Waals surface area (Å²) >= 11 is 0. The van der Waals surface area contributed by atoms with E-state index in [2.05, 4.69) is 22.4 Å². The normalized spacial score (nSPS) is 15.0. The van der Waals surface area contributed by atoms with Crippen LogP contribution in [-0.2, 0) is 13.0 Å². The van der Waals surface area contributed by atoms with Gasteiger partial charge in [0.25, 0.3) is 5.91 Å². The van der Waals surface area contributed by atoms with Crippen molar-refractivity contribution < 1.29 is 14.1 Å². The van der Waals surface area contributed by atoms with E-state index in [9.17, 15) is 4.79 Å². The summed E-state index contributed by atoms with van der Waals surface area (Å²) < 4.78 is 11.0. The Morgan fingerprint density at radius 1 is 1.40 bits per heavy atom. The summed E-state index contributed by atoms with van der Waals surface area (Å²) in [6, 6.07) is 3.46. The van der Waals surface area contributed by atoms with Crippen molar-refractivity contribution in [1.29, 1.82) is 0 Å². The second kappa shape index (κ2) is 7.25. The first kappa shape index (κ1) is 17.5. The summed E-state index contributed by atoms with van der Waals surface area (Å²) in [6.07, 6.45) is 6.68. The zero-order valence-electron chi connectivity index (χ0n) is 15.1. The van der Waals surface area contributed by atoms with Gasteiger partial charge in [0.05, 0.1) is 16.8 Å². The van der Waals surface area contributed by atoms with Gasteiger partial charge in [-0.25, -0.2) is 4.98 Å². The van der Waals surface area contributed by atoms with Gasteiger partial charge in [-0.15, -0.1) is 0 Å². The quantitative estimate of drug-likeness (QED) is 0.792. The van der Waals surface area contributed by atoms with E-state index in [1.54, 1.807) is 18.3 Å². The number of rotatable bonds is 8. The molecule has 25 heavy (non-hydrogen) atoms. The molecule has 1 fully saturated rings. The summed E-state index contributed by atoms with van der Waals surface area (Å²) in [4.78, 5) is 16.4. The number of unbranched alkanes of at least 4 members (excludes halogenated alkanes) is 1. The van der Waals surface area contributed by atoms with Crippen LogP contribution in [0.1, 0.15) is 66.9 Å². The molecule has 134 valence electrons. The lowest BCUT2D eigenvalue weighted by Gasteiger charge is -2.11. The van der Waals surface area contributed by atoms with Gasteiger partial charge in [0, 0.05) is 17.8 Å². The van der Waals surface area contributed by atoms with Crippen LogP contribution in [0.3, 0.4) is 0 Å². The summed E-state index contributed by atoms with van der Waals surface area (Å²) in [6.45, 7) is 6.45. The van der Waals surface area contributed by atoms with Crippen LogP contribution in [0, 0.1) is 6.92 Å². The number of hydrogen-bond acceptors (Lipinski definition) is 5. The SMILES string of the molecule is CCCCc1noc(C)c1COc1ccc(C(=O)NC2(C)CC2)cn1. The van der Waals surface area contributed by atoms with E-state index >= 15 is 0 Å². The predicted molar refractivity (Wildman–Crippen MR) is 93.5 cm³/mol. The minimum absolute atomic E-state index is 0.0348. The average molecular weight is 343 g/mol. The van der Waals surface area contributed by atoms with Gasteiger partial charge in [-0.05, 0) is 45.6 Å². The Bertz CT molecular complexity index is 733. The lowest BCUT2D eigenvalue weighted by Crippen LogP contribution is -2.34. The third-order valence-electron chi connectivity index (χ3n) is 4.61. The van der Waals surface area contributed by atoms with E-state index in [-0.39, 0.29) is 11.4 Å². The summed E-state index contributed by atoms with van der Waals surface area (Å²) in [5.74, 6) is 1.17. The molecule has 6 heteroatoms. The molecule has 0 aromatic carbocycles. The molecule has 3 rings (SSSR count). The molecule has 0 aliphatic heterocycles. The molecule has 0 atom stereocenters. The summed E-state index contributed by atoms with van der Waals surface area (Å²) in [5, 5.41) is 7.13. The molecule has 6 nitrogen and oxygen atoms in total. The molecule has 0 bridgehead atoms. The van der Waals surface area contributed by atoms with Crippen LogP contribution in [0.25, 0.3) is 0 Å².